The first-order valence-electron chi connectivity index (χ1n) is 10.8. The van der Waals surface area contributed by atoms with E-state index >= 15 is 0 Å². The molecule has 0 saturated carbocycles. The molecule has 0 spiro atoms. The number of benzene rings is 2. The highest BCUT2D eigenvalue weighted by molar-refractivity contribution is 7.89. The molecule has 1 aliphatic heterocycles. The van der Waals surface area contributed by atoms with E-state index in [1.54, 1.807) is 42.7 Å². The first kappa shape index (κ1) is 24.3. The van der Waals surface area contributed by atoms with Gasteiger partial charge in [0.2, 0.25) is 10.0 Å². The van der Waals surface area contributed by atoms with Crippen LogP contribution < -0.4 is 15.4 Å². The molecule has 11 heteroatoms. The predicted octanol–water partition coefficient (Wildman–Crippen LogP) is 2.62. The number of methoxy groups -OCH3 is 1. The summed E-state index contributed by atoms with van der Waals surface area (Å²) in [5.74, 6) is -0.740. The number of nitrogens with zero attached hydrogens (tertiary/aromatic N) is 2. The minimum absolute atomic E-state index is 0.0972. The summed E-state index contributed by atoms with van der Waals surface area (Å²) in [6.07, 6.45) is 3.13. The summed E-state index contributed by atoms with van der Waals surface area (Å²) in [6.45, 7) is 1.03. The van der Waals surface area contributed by atoms with Crippen LogP contribution in [-0.2, 0) is 14.8 Å². The molecule has 0 unspecified atom stereocenters. The number of pyridine rings is 1. The fourth-order valence-electron chi connectivity index (χ4n) is 3.53. The molecular weight excluding hydrogens is 472 g/mol. The van der Waals surface area contributed by atoms with E-state index in [2.05, 4.69) is 15.6 Å². The van der Waals surface area contributed by atoms with Gasteiger partial charge < -0.3 is 20.1 Å². The zero-order chi connectivity index (χ0) is 24.8. The highest BCUT2D eigenvalue weighted by Gasteiger charge is 2.30. The Morgan fingerprint density at radius 2 is 1.57 bits per heavy atom. The van der Waals surface area contributed by atoms with Gasteiger partial charge in [0.25, 0.3) is 11.8 Å². The third-order valence-electron chi connectivity index (χ3n) is 5.33. The lowest BCUT2D eigenvalue weighted by Gasteiger charge is -2.26. The minimum Gasteiger partial charge on any atom is -0.495 e. The molecule has 0 radical (unpaired) electrons. The molecule has 182 valence electrons. The highest BCUT2D eigenvalue weighted by atomic mass is 32.2. The van der Waals surface area contributed by atoms with Gasteiger partial charge in [-0.15, -0.1) is 0 Å². The Labute approximate surface area is 202 Å². The van der Waals surface area contributed by atoms with Gasteiger partial charge in [-0.05, 0) is 48.5 Å². The van der Waals surface area contributed by atoms with E-state index in [0.29, 0.717) is 30.2 Å². The smallest absolute Gasteiger partial charge is 0.255 e. The molecule has 2 aromatic carbocycles. The Kier molecular flexibility index (Phi) is 7.39. The van der Waals surface area contributed by atoms with Crippen LogP contribution in [0.5, 0.6) is 5.75 Å². The average Bonchev–Trinajstić information content (AvgIpc) is 2.89. The number of aromatic nitrogens is 1. The van der Waals surface area contributed by atoms with Crippen molar-refractivity contribution in [2.75, 3.05) is 44.0 Å². The predicted molar refractivity (Wildman–Crippen MR) is 129 cm³/mol. The quantitative estimate of drug-likeness (QED) is 0.515. The SMILES string of the molecule is COc1ccc(C(=O)Nc2cccc(C(=O)Nc3ccncc3)c2)cc1S(=O)(=O)N1CCOCC1. The molecule has 3 aromatic rings. The van der Waals surface area contributed by atoms with Crippen LogP contribution in [-0.4, -0.2) is 62.9 Å². The maximum absolute atomic E-state index is 13.2. The molecule has 0 aliphatic carbocycles. The van der Waals surface area contributed by atoms with E-state index in [1.165, 1.54) is 35.7 Å². The van der Waals surface area contributed by atoms with Crippen molar-refractivity contribution < 1.29 is 27.5 Å². The summed E-state index contributed by atoms with van der Waals surface area (Å²) in [5, 5.41) is 5.47. The Bertz CT molecular complexity index is 1320. The van der Waals surface area contributed by atoms with Crippen LogP contribution in [0.3, 0.4) is 0 Å². The molecular formula is C24H24N4O6S. The third kappa shape index (κ3) is 5.65. The first-order valence-corrected chi connectivity index (χ1v) is 12.2. The molecule has 1 aliphatic rings. The summed E-state index contributed by atoms with van der Waals surface area (Å²) < 4.78 is 38.2. The van der Waals surface area contributed by atoms with Crippen molar-refractivity contribution in [1.29, 1.82) is 0 Å². The fourth-order valence-corrected chi connectivity index (χ4v) is 5.12. The number of nitrogens with one attached hydrogen (secondary N) is 2. The van der Waals surface area contributed by atoms with E-state index in [4.69, 9.17) is 9.47 Å². The van der Waals surface area contributed by atoms with Crippen LogP contribution in [0.1, 0.15) is 20.7 Å². The van der Waals surface area contributed by atoms with Crippen molar-refractivity contribution in [2.24, 2.45) is 0 Å². The van der Waals surface area contributed by atoms with Crippen LogP contribution in [0.4, 0.5) is 11.4 Å². The molecule has 0 bridgehead atoms. The van der Waals surface area contributed by atoms with Gasteiger partial charge in [-0.3, -0.25) is 14.6 Å². The Balaban J connectivity index is 1.54. The number of carbonyl (C=O) groups excluding carboxylic acids is 2. The summed E-state index contributed by atoms with van der Waals surface area (Å²) in [5.41, 5.74) is 1.44. The summed E-state index contributed by atoms with van der Waals surface area (Å²) in [6, 6.07) is 14.0. The second-order valence-corrected chi connectivity index (χ2v) is 9.51. The van der Waals surface area contributed by atoms with Gasteiger partial charge in [0.05, 0.1) is 20.3 Å². The topological polar surface area (TPSA) is 127 Å². The zero-order valence-electron chi connectivity index (χ0n) is 18.9. The van der Waals surface area contributed by atoms with Gasteiger partial charge in [-0.2, -0.15) is 4.31 Å². The standard InChI is InChI=1S/C24H24N4O6S/c1-33-21-6-5-18(16-22(21)35(31,32)28-11-13-34-14-12-28)24(30)27-20-4-2-3-17(15-20)23(29)26-19-7-9-25-10-8-19/h2-10,15-16H,11-14H2,1H3,(H,27,30)(H,25,26,29). The average molecular weight is 497 g/mol. The van der Waals surface area contributed by atoms with Crippen molar-refractivity contribution in [3.63, 3.8) is 0 Å². The van der Waals surface area contributed by atoms with E-state index in [-0.39, 0.29) is 35.2 Å². The normalized spacial score (nSPS) is 14.2. The van der Waals surface area contributed by atoms with Crippen molar-refractivity contribution in [2.45, 2.75) is 4.90 Å². The van der Waals surface area contributed by atoms with Crippen molar-refractivity contribution in [1.82, 2.24) is 9.29 Å². The molecule has 2 heterocycles. The molecule has 35 heavy (non-hydrogen) atoms. The lowest BCUT2D eigenvalue weighted by molar-refractivity contribution is 0.0729. The lowest BCUT2D eigenvalue weighted by atomic mass is 10.1. The van der Waals surface area contributed by atoms with Crippen molar-refractivity contribution in [3.05, 3.63) is 78.1 Å². The van der Waals surface area contributed by atoms with E-state index in [9.17, 15) is 18.0 Å². The van der Waals surface area contributed by atoms with Crippen LogP contribution >= 0.6 is 0 Å². The van der Waals surface area contributed by atoms with Gasteiger partial charge in [-0.1, -0.05) is 6.07 Å². The number of hydrogen-bond donors (Lipinski definition) is 2. The van der Waals surface area contributed by atoms with Crippen molar-refractivity contribution >= 4 is 33.2 Å². The number of sulfonamides is 1. The van der Waals surface area contributed by atoms with Crippen molar-refractivity contribution in [3.8, 4) is 5.75 Å². The second-order valence-electron chi connectivity index (χ2n) is 7.61. The Morgan fingerprint density at radius 1 is 0.914 bits per heavy atom. The lowest BCUT2D eigenvalue weighted by Crippen LogP contribution is -2.40. The maximum atomic E-state index is 13.2. The van der Waals surface area contributed by atoms with E-state index < -0.39 is 15.9 Å². The molecule has 4 rings (SSSR count). The number of anilines is 2. The van der Waals surface area contributed by atoms with Crippen LogP contribution in [0.15, 0.2) is 71.9 Å². The minimum atomic E-state index is -3.89. The molecule has 0 atom stereocenters. The summed E-state index contributed by atoms with van der Waals surface area (Å²) >= 11 is 0. The molecule has 1 saturated heterocycles. The maximum Gasteiger partial charge on any atom is 0.255 e. The van der Waals surface area contributed by atoms with Gasteiger partial charge in [0, 0.05) is 48.0 Å². The van der Waals surface area contributed by atoms with Gasteiger partial charge >= 0.3 is 0 Å². The molecule has 1 fully saturated rings. The Hall–Kier alpha value is -3.80. The molecule has 2 N–H and O–H groups in total. The number of carbonyl (C=O) groups is 2. The van der Waals surface area contributed by atoms with E-state index in [1.807, 2.05) is 0 Å². The fraction of sp³-hybridized carbons (Fsp3) is 0.208. The summed E-state index contributed by atoms with van der Waals surface area (Å²) in [7, 11) is -2.52. The summed E-state index contributed by atoms with van der Waals surface area (Å²) in [4.78, 5) is 29.3. The molecule has 10 nitrogen and oxygen atoms in total. The van der Waals surface area contributed by atoms with E-state index in [0.717, 1.165) is 0 Å². The first-order chi connectivity index (χ1) is 16.9. The number of hydrogen-bond acceptors (Lipinski definition) is 7. The van der Waals surface area contributed by atoms with Gasteiger partial charge in [0.15, 0.2) is 0 Å². The number of amides is 2. The highest BCUT2D eigenvalue weighted by Crippen LogP contribution is 2.29. The Morgan fingerprint density at radius 3 is 2.26 bits per heavy atom. The number of morpholine rings is 1. The van der Waals surface area contributed by atoms with Gasteiger partial charge in [-0.25, -0.2) is 8.42 Å². The third-order valence-corrected chi connectivity index (χ3v) is 7.25. The number of ether oxygens (including phenoxy) is 2. The molecule has 2 amide bonds. The second kappa shape index (κ2) is 10.6. The monoisotopic (exact) mass is 496 g/mol. The van der Waals surface area contributed by atoms with Gasteiger partial charge in [0.1, 0.15) is 10.6 Å². The van der Waals surface area contributed by atoms with Crippen LogP contribution in [0, 0.1) is 0 Å². The zero-order valence-corrected chi connectivity index (χ0v) is 19.7. The van der Waals surface area contributed by atoms with Crippen LogP contribution in [0.25, 0.3) is 0 Å². The molecule has 1 aromatic heterocycles. The van der Waals surface area contributed by atoms with Crippen LogP contribution in [0.2, 0.25) is 0 Å². The number of rotatable bonds is 7. The largest absolute Gasteiger partial charge is 0.495 e.